The van der Waals surface area contributed by atoms with E-state index < -0.39 is 67.9 Å². The minimum Gasteiger partial charge on any atom is -0.465 e. The second-order valence-corrected chi connectivity index (χ2v) is 23.6. The molecular weight excluding hydrogens is 1120 g/mol. The monoisotopic (exact) mass is 1240 g/mol. The summed E-state index contributed by atoms with van der Waals surface area (Å²) in [7, 11) is 0. The molecule has 1 aliphatic heterocycles. The summed E-state index contributed by atoms with van der Waals surface area (Å²) in [6, 6.07) is 0. The fourth-order valence-corrected chi connectivity index (χ4v) is 9.66. The molecule has 88 heavy (non-hydrogen) atoms. The Morgan fingerprint density at radius 1 is 0.375 bits per heavy atom. The van der Waals surface area contributed by atoms with Crippen molar-refractivity contribution in [1.29, 1.82) is 0 Å². The third kappa shape index (κ3) is 50.6. The Kier molecular flexibility index (Phi) is 53.3. The van der Waals surface area contributed by atoms with Gasteiger partial charge in [-0.1, -0.05) is 141 Å². The predicted molar refractivity (Wildman–Crippen MR) is 344 cm³/mol. The Balaban J connectivity index is 3.14. The molecule has 1 rings (SSSR count). The molecule has 0 aromatic rings. The number of amides is 1. The van der Waals surface area contributed by atoms with Crippen LogP contribution in [0.3, 0.4) is 0 Å². The van der Waals surface area contributed by atoms with Crippen LogP contribution in [0.15, 0.2) is 36.5 Å². The maximum absolute atomic E-state index is 13.7. The van der Waals surface area contributed by atoms with Gasteiger partial charge in [-0.05, 0) is 142 Å². The van der Waals surface area contributed by atoms with E-state index in [-0.39, 0.29) is 69.3 Å². The van der Waals surface area contributed by atoms with Gasteiger partial charge >= 0.3 is 47.9 Å². The van der Waals surface area contributed by atoms with Gasteiger partial charge in [-0.15, -0.1) is 0 Å². The lowest BCUT2D eigenvalue weighted by atomic mass is 9.92. The molecule has 1 fully saturated rings. The summed E-state index contributed by atoms with van der Waals surface area (Å²) in [6.45, 7) is 11.0. The predicted octanol–water partition coefficient (Wildman–Crippen LogP) is 15.1. The number of allylic oxidation sites excluding steroid dienone is 3. The second kappa shape index (κ2) is 58.1. The van der Waals surface area contributed by atoms with Crippen LogP contribution in [0.4, 0.5) is 4.79 Å². The van der Waals surface area contributed by atoms with Crippen LogP contribution in [0, 0.1) is 5.41 Å². The standard InChI is InChI=1S/C70H120N2O16/c1-5-9-13-17-20-23-38-54-81-62(73)42-30-26-33-45-65(76)84-57-70(58-85-66(77)46-34-27-31-43-63(74)82-55-39-24-21-18-14-10-6-2,59-86-67(78)47-35-28-32-44-64(75)83-56-40-25-22-19-15-11-7-3)60-87-68(79)49-48-61(41-29-16-12-8-4)88-69(80)71-50-53-72-51-36-37-52-72/h20-25,61H,5-19,26-60H2,1-4H3,(H,71,80)/b23-20-,24-21-,25-22-. The van der Waals surface area contributed by atoms with Gasteiger partial charge < -0.3 is 48.1 Å². The van der Waals surface area contributed by atoms with Gasteiger partial charge in [0.05, 0.1) is 19.8 Å². The lowest BCUT2D eigenvalue weighted by Crippen LogP contribution is -2.44. The smallest absolute Gasteiger partial charge is 0.407 e. The summed E-state index contributed by atoms with van der Waals surface area (Å²) in [5, 5.41) is 2.86. The van der Waals surface area contributed by atoms with Crippen LogP contribution < -0.4 is 5.32 Å². The number of ether oxygens (including phenoxy) is 8. The van der Waals surface area contributed by atoms with E-state index in [1.807, 2.05) is 18.2 Å². The van der Waals surface area contributed by atoms with Gasteiger partial charge in [0.25, 0.3) is 0 Å². The minimum atomic E-state index is -1.53. The highest BCUT2D eigenvalue weighted by Crippen LogP contribution is 2.24. The van der Waals surface area contributed by atoms with Crippen LogP contribution in [-0.4, -0.2) is 131 Å². The van der Waals surface area contributed by atoms with E-state index in [0.29, 0.717) is 110 Å². The fraction of sp³-hybridized carbons (Fsp3) is 0.800. The van der Waals surface area contributed by atoms with Crippen LogP contribution in [0.2, 0.25) is 0 Å². The number of nitrogens with zero attached hydrogens (tertiary/aromatic N) is 1. The van der Waals surface area contributed by atoms with Gasteiger partial charge in [-0.3, -0.25) is 33.6 Å². The molecule has 1 heterocycles. The number of esters is 7. The molecule has 1 saturated heterocycles. The number of nitrogens with one attached hydrogen (secondary N) is 1. The molecule has 1 atom stereocenters. The fourth-order valence-electron chi connectivity index (χ4n) is 9.66. The Labute approximate surface area is 530 Å². The number of hydrogen-bond donors (Lipinski definition) is 1. The molecule has 1 aliphatic rings. The second-order valence-electron chi connectivity index (χ2n) is 23.6. The van der Waals surface area contributed by atoms with Crippen LogP contribution >= 0.6 is 0 Å². The SMILES string of the molecule is CCCCC/C=C\CCOC(=O)CCCCCC(=O)OCC(COC(=O)CCCCCC(=O)OCC/C=C\CCCCC)(COC(=O)CCCCCC(=O)OCC/C=C\CCCCC)COC(=O)CCC(CCCCCC)OC(=O)NCCN1CCCC1. The maximum Gasteiger partial charge on any atom is 0.407 e. The van der Waals surface area contributed by atoms with Crippen molar-refractivity contribution < 1.29 is 76.3 Å². The zero-order valence-corrected chi connectivity index (χ0v) is 55.4. The summed E-state index contributed by atoms with van der Waals surface area (Å²) in [6.07, 6.45) is 38.7. The van der Waals surface area contributed by atoms with Gasteiger partial charge in [0.15, 0.2) is 0 Å². The van der Waals surface area contributed by atoms with E-state index in [4.69, 9.17) is 37.9 Å². The van der Waals surface area contributed by atoms with Crippen molar-refractivity contribution in [2.24, 2.45) is 5.41 Å². The molecule has 506 valence electrons. The van der Waals surface area contributed by atoms with Gasteiger partial charge in [-0.25, -0.2) is 4.79 Å². The lowest BCUT2D eigenvalue weighted by molar-refractivity contribution is -0.171. The number of alkyl carbamates (subject to hydrolysis) is 1. The lowest BCUT2D eigenvalue weighted by Gasteiger charge is -2.31. The quantitative estimate of drug-likeness (QED) is 0.0258. The summed E-state index contributed by atoms with van der Waals surface area (Å²) < 4.78 is 45.4. The van der Waals surface area contributed by atoms with Gasteiger partial charge in [0.1, 0.15) is 37.9 Å². The number of hydrogen-bond acceptors (Lipinski definition) is 17. The average molecular weight is 1250 g/mol. The third-order valence-electron chi connectivity index (χ3n) is 15.2. The number of rotatable bonds is 59. The first-order valence-electron chi connectivity index (χ1n) is 34.6. The Morgan fingerprint density at radius 3 is 1.06 bits per heavy atom. The highest BCUT2D eigenvalue weighted by molar-refractivity contribution is 5.72. The molecule has 0 bridgehead atoms. The van der Waals surface area contributed by atoms with E-state index >= 15 is 0 Å². The molecule has 1 N–H and O–H groups in total. The molecule has 0 radical (unpaired) electrons. The van der Waals surface area contributed by atoms with Gasteiger partial charge in [0.2, 0.25) is 0 Å². The van der Waals surface area contributed by atoms with Crippen molar-refractivity contribution in [2.45, 2.75) is 284 Å². The summed E-state index contributed by atoms with van der Waals surface area (Å²) in [5.41, 5.74) is -1.53. The minimum absolute atomic E-state index is 0.00618. The zero-order valence-electron chi connectivity index (χ0n) is 55.4. The van der Waals surface area contributed by atoms with E-state index in [0.717, 1.165) is 116 Å². The van der Waals surface area contributed by atoms with Gasteiger partial charge in [0, 0.05) is 58.0 Å². The van der Waals surface area contributed by atoms with Crippen molar-refractivity contribution in [2.75, 3.05) is 72.4 Å². The molecule has 0 saturated carbocycles. The summed E-state index contributed by atoms with van der Waals surface area (Å²) in [4.78, 5) is 106. The third-order valence-corrected chi connectivity index (χ3v) is 15.2. The normalized spacial score (nSPS) is 13.0. The Bertz CT molecular complexity index is 1760. The molecule has 0 aliphatic carbocycles. The van der Waals surface area contributed by atoms with Crippen LogP contribution in [0.25, 0.3) is 0 Å². The number of carbonyl (C=O) groups excluding carboxylic acids is 8. The molecule has 0 aromatic carbocycles. The van der Waals surface area contributed by atoms with Crippen LogP contribution in [0.5, 0.6) is 0 Å². The van der Waals surface area contributed by atoms with Gasteiger partial charge in [-0.2, -0.15) is 0 Å². The first kappa shape index (κ1) is 80.8. The number of unbranched alkanes of at least 4 members (excludes halogenated alkanes) is 18. The molecule has 0 aromatic heterocycles. The van der Waals surface area contributed by atoms with Crippen molar-refractivity contribution in [3.05, 3.63) is 36.5 Å². The Morgan fingerprint density at radius 2 is 0.693 bits per heavy atom. The largest absolute Gasteiger partial charge is 0.465 e. The van der Waals surface area contributed by atoms with Crippen LogP contribution in [0.1, 0.15) is 278 Å². The summed E-state index contributed by atoms with van der Waals surface area (Å²) in [5.74, 6) is -3.29. The van der Waals surface area contributed by atoms with E-state index in [1.165, 1.54) is 19.3 Å². The topological polar surface area (TPSA) is 226 Å². The number of carbonyl (C=O) groups is 8. The maximum atomic E-state index is 13.7. The molecular formula is C70H120N2O16. The van der Waals surface area contributed by atoms with Crippen LogP contribution in [-0.2, 0) is 71.5 Å². The summed E-state index contributed by atoms with van der Waals surface area (Å²) >= 11 is 0. The first-order chi connectivity index (χ1) is 42.8. The average Bonchev–Trinajstić information content (AvgIpc) is 3.83. The van der Waals surface area contributed by atoms with Crippen molar-refractivity contribution in [3.8, 4) is 0 Å². The van der Waals surface area contributed by atoms with Crippen molar-refractivity contribution >= 4 is 47.9 Å². The van der Waals surface area contributed by atoms with E-state index in [9.17, 15) is 38.4 Å². The number of likely N-dealkylation sites (tertiary alicyclic amines) is 1. The highest BCUT2D eigenvalue weighted by Gasteiger charge is 2.38. The van der Waals surface area contributed by atoms with E-state index in [1.54, 1.807) is 0 Å². The molecule has 18 nitrogen and oxygen atoms in total. The van der Waals surface area contributed by atoms with Crippen molar-refractivity contribution in [1.82, 2.24) is 10.2 Å². The molecule has 1 amide bonds. The Hall–Kier alpha value is -5.26. The molecule has 18 heteroatoms. The molecule has 0 spiro atoms. The van der Waals surface area contributed by atoms with Crippen molar-refractivity contribution in [3.63, 3.8) is 0 Å². The van der Waals surface area contributed by atoms with E-state index in [2.05, 4.69) is 56.1 Å². The molecule has 1 unspecified atom stereocenters. The first-order valence-corrected chi connectivity index (χ1v) is 34.6. The highest BCUT2D eigenvalue weighted by atomic mass is 16.6. The zero-order chi connectivity index (χ0) is 64.2.